The standard InChI is InChI=1S/C22H23NO6S/c1-28-21(22(24)25)12-15-4-8-19(9-5-15)23-14-16-3-6-18-13-20(29-30(2,26)27)10-7-17(18)11-16/h3-11,13,21,23H,12,14H2,1-2H3,(H,24,25)/t21-/m0/s1. The van der Waals surface area contributed by atoms with E-state index in [1.54, 1.807) is 12.1 Å². The summed E-state index contributed by atoms with van der Waals surface area (Å²) in [5, 5.41) is 14.3. The highest BCUT2D eigenvalue weighted by atomic mass is 32.2. The number of ether oxygens (including phenoxy) is 1. The van der Waals surface area contributed by atoms with Crippen LogP contribution >= 0.6 is 0 Å². The van der Waals surface area contributed by atoms with Crippen LogP contribution in [-0.4, -0.2) is 39.0 Å². The van der Waals surface area contributed by atoms with Gasteiger partial charge in [0.05, 0.1) is 6.26 Å². The molecule has 0 fully saturated rings. The molecule has 0 aliphatic rings. The minimum Gasteiger partial charge on any atom is -0.479 e. The molecule has 0 radical (unpaired) electrons. The van der Waals surface area contributed by atoms with Crippen LogP contribution in [0.5, 0.6) is 5.75 Å². The first-order valence-electron chi connectivity index (χ1n) is 9.24. The van der Waals surface area contributed by atoms with Crippen LogP contribution in [0.3, 0.4) is 0 Å². The maximum atomic E-state index is 11.3. The molecule has 0 aliphatic carbocycles. The highest BCUT2D eigenvalue weighted by Crippen LogP contribution is 2.23. The predicted molar refractivity (Wildman–Crippen MR) is 115 cm³/mol. The van der Waals surface area contributed by atoms with Gasteiger partial charge < -0.3 is 19.3 Å². The smallest absolute Gasteiger partial charge is 0.333 e. The zero-order valence-electron chi connectivity index (χ0n) is 16.7. The van der Waals surface area contributed by atoms with Crippen LogP contribution in [0.2, 0.25) is 0 Å². The highest BCUT2D eigenvalue weighted by Gasteiger charge is 2.16. The fourth-order valence-electron chi connectivity index (χ4n) is 3.06. The molecule has 0 bridgehead atoms. The molecular weight excluding hydrogens is 406 g/mol. The average molecular weight is 429 g/mol. The third kappa shape index (κ3) is 5.95. The van der Waals surface area contributed by atoms with E-state index in [0.717, 1.165) is 33.8 Å². The lowest BCUT2D eigenvalue weighted by atomic mass is 10.1. The Morgan fingerprint density at radius 1 is 1.00 bits per heavy atom. The Morgan fingerprint density at radius 2 is 1.63 bits per heavy atom. The SMILES string of the molecule is CO[C@@H](Cc1ccc(NCc2ccc3cc(OS(C)(=O)=O)ccc3c2)cc1)C(=O)O. The van der Waals surface area contributed by atoms with E-state index in [9.17, 15) is 13.2 Å². The van der Waals surface area contributed by atoms with Gasteiger partial charge in [-0.1, -0.05) is 30.3 Å². The Morgan fingerprint density at radius 3 is 2.27 bits per heavy atom. The Kier molecular flexibility index (Phi) is 6.59. The summed E-state index contributed by atoms with van der Waals surface area (Å²) in [4.78, 5) is 11.1. The lowest BCUT2D eigenvalue weighted by Gasteiger charge is -2.12. The number of benzene rings is 3. The van der Waals surface area contributed by atoms with Gasteiger partial charge in [-0.2, -0.15) is 8.42 Å². The van der Waals surface area contributed by atoms with Gasteiger partial charge in [-0.25, -0.2) is 4.79 Å². The summed E-state index contributed by atoms with van der Waals surface area (Å²) in [7, 11) is -2.17. The first-order valence-corrected chi connectivity index (χ1v) is 11.1. The number of fused-ring (bicyclic) bond motifs is 1. The maximum absolute atomic E-state index is 11.3. The number of rotatable bonds is 9. The molecule has 0 unspecified atom stereocenters. The normalized spacial score (nSPS) is 12.5. The molecule has 8 heteroatoms. The van der Waals surface area contributed by atoms with E-state index >= 15 is 0 Å². The molecule has 2 N–H and O–H groups in total. The molecule has 158 valence electrons. The van der Waals surface area contributed by atoms with E-state index in [2.05, 4.69) is 5.32 Å². The number of anilines is 1. The molecule has 0 spiro atoms. The third-order valence-corrected chi connectivity index (χ3v) is 5.05. The van der Waals surface area contributed by atoms with Crippen LogP contribution in [0.15, 0.2) is 60.7 Å². The number of methoxy groups -OCH3 is 1. The van der Waals surface area contributed by atoms with E-state index < -0.39 is 22.2 Å². The van der Waals surface area contributed by atoms with Crippen molar-refractivity contribution in [3.63, 3.8) is 0 Å². The van der Waals surface area contributed by atoms with Gasteiger partial charge in [0.25, 0.3) is 0 Å². The quantitative estimate of drug-likeness (QED) is 0.503. The van der Waals surface area contributed by atoms with E-state index in [0.29, 0.717) is 13.0 Å². The molecule has 0 saturated carbocycles. The highest BCUT2D eigenvalue weighted by molar-refractivity contribution is 7.86. The molecule has 0 amide bonds. The molecule has 1 atom stereocenters. The summed E-state index contributed by atoms with van der Waals surface area (Å²) in [5.74, 6) is -0.694. The lowest BCUT2D eigenvalue weighted by Crippen LogP contribution is -2.24. The fourth-order valence-corrected chi connectivity index (χ4v) is 3.51. The van der Waals surface area contributed by atoms with Crippen molar-refractivity contribution in [2.45, 2.75) is 19.1 Å². The van der Waals surface area contributed by atoms with Crippen LogP contribution in [0, 0.1) is 0 Å². The summed E-state index contributed by atoms with van der Waals surface area (Å²) < 4.78 is 32.4. The largest absolute Gasteiger partial charge is 0.479 e. The molecule has 0 aliphatic heterocycles. The molecule has 30 heavy (non-hydrogen) atoms. The Labute approximate surface area is 175 Å². The van der Waals surface area contributed by atoms with Crippen LogP contribution in [0.4, 0.5) is 5.69 Å². The Bertz CT molecular complexity index is 1140. The summed E-state index contributed by atoms with van der Waals surface area (Å²) in [6.45, 7) is 0.604. The number of hydrogen-bond donors (Lipinski definition) is 2. The first-order chi connectivity index (χ1) is 14.2. The van der Waals surface area contributed by atoms with Gasteiger partial charge >= 0.3 is 16.1 Å². The zero-order chi connectivity index (χ0) is 21.7. The van der Waals surface area contributed by atoms with Crippen LogP contribution < -0.4 is 9.50 Å². The van der Waals surface area contributed by atoms with E-state index in [4.69, 9.17) is 14.0 Å². The first kappa shape index (κ1) is 21.6. The van der Waals surface area contributed by atoms with Crippen molar-refractivity contribution >= 4 is 32.5 Å². The van der Waals surface area contributed by atoms with Crippen molar-refractivity contribution in [1.82, 2.24) is 0 Å². The molecule has 3 rings (SSSR count). The fraction of sp³-hybridized carbons (Fsp3) is 0.227. The summed E-state index contributed by atoms with van der Waals surface area (Å²) >= 11 is 0. The van der Waals surface area contributed by atoms with E-state index in [1.807, 2.05) is 48.5 Å². The van der Waals surface area contributed by atoms with E-state index in [-0.39, 0.29) is 5.75 Å². The van der Waals surface area contributed by atoms with Gasteiger partial charge in [-0.15, -0.1) is 0 Å². The minimum atomic E-state index is -3.56. The van der Waals surface area contributed by atoms with Gasteiger partial charge in [-0.3, -0.25) is 0 Å². The second kappa shape index (κ2) is 9.15. The number of aliphatic carboxylic acids is 1. The second-order valence-electron chi connectivity index (χ2n) is 6.95. The minimum absolute atomic E-state index is 0.287. The van der Waals surface area contributed by atoms with Crippen LogP contribution in [0.25, 0.3) is 10.8 Å². The molecule has 0 saturated heterocycles. The maximum Gasteiger partial charge on any atom is 0.333 e. The van der Waals surface area contributed by atoms with Gasteiger partial charge in [0.2, 0.25) is 0 Å². The molecule has 0 aromatic heterocycles. The molecule has 3 aromatic rings. The van der Waals surface area contributed by atoms with Crippen molar-refractivity contribution in [3.05, 3.63) is 71.8 Å². The predicted octanol–water partition coefficient (Wildman–Crippen LogP) is 3.43. The summed E-state index contributed by atoms with van der Waals surface area (Å²) in [5.41, 5.74) is 2.86. The van der Waals surface area contributed by atoms with Gasteiger partial charge in [0.1, 0.15) is 5.75 Å². The monoisotopic (exact) mass is 429 g/mol. The van der Waals surface area contributed by atoms with Crippen molar-refractivity contribution in [3.8, 4) is 5.75 Å². The van der Waals surface area contributed by atoms with E-state index in [1.165, 1.54) is 7.11 Å². The topological polar surface area (TPSA) is 102 Å². The second-order valence-corrected chi connectivity index (χ2v) is 8.52. The number of carboxylic acids is 1. The Hall–Kier alpha value is -3.10. The summed E-state index contributed by atoms with van der Waals surface area (Å²) in [6, 6.07) is 18.6. The molecular formula is C22H23NO6S. The zero-order valence-corrected chi connectivity index (χ0v) is 17.5. The Balaban J connectivity index is 1.64. The third-order valence-electron chi connectivity index (χ3n) is 4.56. The van der Waals surface area contributed by atoms with Crippen molar-refractivity contribution < 1.29 is 27.2 Å². The summed E-state index contributed by atoms with van der Waals surface area (Å²) in [6.07, 6.45) is 0.465. The molecule has 0 heterocycles. The van der Waals surface area contributed by atoms with Crippen molar-refractivity contribution in [1.29, 1.82) is 0 Å². The number of carbonyl (C=O) groups is 1. The van der Waals surface area contributed by atoms with Crippen LogP contribution in [-0.2, 0) is 32.6 Å². The van der Waals surface area contributed by atoms with Gasteiger partial charge in [0, 0.05) is 25.8 Å². The van der Waals surface area contributed by atoms with Gasteiger partial charge in [0.15, 0.2) is 6.10 Å². The van der Waals surface area contributed by atoms with Crippen LogP contribution in [0.1, 0.15) is 11.1 Å². The van der Waals surface area contributed by atoms with Gasteiger partial charge in [-0.05, 0) is 52.2 Å². The lowest BCUT2D eigenvalue weighted by molar-refractivity contribution is -0.148. The number of nitrogens with one attached hydrogen (secondary N) is 1. The number of carboxylic acid groups (broad SMARTS) is 1. The number of hydrogen-bond acceptors (Lipinski definition) is 6. The molecule has 7 nitrogen and oxygen atoms in total. The molecule has 3 aromatic carbocycles. The van der Waals surface area contributed by atoms with Crippen molar-refractivity contribution in [2.75, 3.05) is 18.7 Å². The van der Waals surface area contributed by atoms with Crippen molar-refractivity contribution in [2.24, 2.45) is 0 Å². The average Bonchev–Trinajstić information content (AvgIpc) is 2.70.